The maximum Gasteiger partial charge on any atom is 0.0893 e. The Morgan fingerprint density at radius 3 is 2.60 bits per heavy atom. The van der Waals surface area contributed by atoms with Gasteiger partial charge in [-0.2, -0.15) is 0 Å². The average Bonchev–Trinajstić information content (AvgIpc) is 2.40. The zero-order valence-electron chi connectivity index (χ0n) is 11.6. The van der Waals surface area contributed by atoms with Crippen LogP contribution in [0.5, 0.6) is 0 Å². The van der Waals surface area contributed by atoms with E-state index in [-0.39, 0.29) is 5.25 Å². The molecule has 104 valence electrons. The van der Waals surface area contributed by atoms with Gasteiger partial charge in [0.25, 0.3) is 0 Å². The Labute approximate surface area is 129 Å². The number of hydrogen-bond acceptors (Lipinski definition) is 2. The van der Waals surface area contributed by atoms with Crippen LogP contribution in [0.4, 0.5) is 0 Å². The molecule has 3 heteroatoms. The summed E-state index contributed by atoms with van der Waals surface area (Å²) >= 11 is 7.77. The van der Waals surface area contributed by atoms with Gasteiger partial charge in [-0.15, -0.1) is 11.8 Å². The Bertz CT molecular complexity index is 634. The van der Waals surface area contributed by atoms with Gasteiger partial charge in [-0.25, -0.2) is 0 Å². The standard InChI is InChI=1S/C17H17ClOS/c1-11-3-8-15-14(9-11)17(2,19)10-16(20-15)12-4-6-13(18)7-5-12/h3-9,16,19H,10H2,1-2H3/t16-,17-/m1/s1. The van der Waals surface area contributed by atoms with Crippen molar-refractivity contribution in [2.24, 2.45) is 0 Å². The molecule has 0 amide bonds. The van der Waals surface area contributed by atoms with Crippen molar-refractivity contribution in [2.75, 3.05) is 0 Å². The monoisotopic (exact) mass is 304 g/mol. The van der Waals surface area contributed by atoms with Gasteiger partial charge in [0.2, 0.25) is 0 Å². The number of hydrogen-bond donors (Lipinski definition) is 1. The number of rotatable bonds is 1. The summed E-state index contributed by atoms with van der Waals surface area (Å²) in [6, 6.07) is 14.2. The van der Waals surface area contributed by atoms with Crippen LogP contribution in [-0.2, 0) is 5.60 Å². The molecule has 2 aromatic rings. The molecule has 0 saturated heterocycles. The molecule has 3 rings (SSSR count). The molecule has 1 aliphatic heterocycles. The molecule has 0 unspecified atom stereocenters. The molecule has 1 heterocycles. The van der Waals surface area contributed by atoms with Crippen LogP contribution in [0.15, 0.2) is 47.4 Å². The Morgan fingerprint density at radius 1 is 1.20 bits per heavy atom. The number of aryl methyl sites for hydroxylation is 1. The van der Waals surface area contributed by atoms with E-state index in [9.17, 15) is 5.11 Å². The second kappa shape index (κ2) is 5.10. The van der Waals surface area contributed by atoms with Gasteiger partial charge < -0.3 is 5.11 Å². The molecule has 0 aliphatic carbocycles. The van der Waals surface area contributed by atoms with Gasteiger partial charge >= 0.3 is 0 Å². The highest BCUT2D eigenvalue weighted by Crippen LogP contribution is 2.51. The predicted octanol–water partition coefficient (Wildman–Crippen LogP) is 5.09. The largest absolute Gasteiger partial charge is 0.385 e. The third-order valence-corrected chi connectivity index (χ3v) is 5.39. The Kier molecular flexibility index (Phi) is 3.57. The molecule has 1 N–H and O–H groups in total. The summed E-state index contributed by atoms with van der Waals surface area (Å²) in [4.78, 5) is 1.17. The first-order valence-corrected chi connectivity index (χ1v) is 7.97. The Balaban J connectivity index is 1.99. The summed E-state index contributed by atoms with van der Waals surface area (Å²) in [6.07, 6.45) is 0.718. The molecule has 20 heavy (non-hydrogen) atoms. The highest BCUT2D eigenvalue weighted by Gasteiger charge is 2.36. The van der Waals surface area contributed by atoms with Crippen molar-refractivity contribution < 1.29 is 5.11 Å². The van der Waals surface area contributed by atoms with E-state index in [0.717, 1.165) is 17.0 Å². The van der Waals surface area contributed by atoms with Crippen LogP contribution in [0.2, 0.25) is 5.02 Å². The van der Waals surface area contributed by atoms with Gasteiger partial charge in [0.15, 0.2) is 0 Å². The van der Waals surface area contributed by atoms with E-state index in [4.69, 9.17) is 11.6 Å². The fraction of sp³-hybridized carbons (Fsp3) is 0.294. The number of benzene rings is 2. The van der Waals surface area contributed by atoms with Crippen molar-refractivity contribution in [3.63, 3.8) is 0 Å². The van der Waals surface area contributed by atoms with E-state index in [1.165, 1.54) is 16.0 Å². The van der Waals surface area contributed by atoms with Crippen LogP contribution >= 0.6 is 23.4 Å². The maximum atomic E-state index is 10.8. The Morgan fingerprint density at radius 2 is 1.90 bits per heavy atom. The summed E-state index contributed by atoms with van der Waals surface area (Å²) in [6.45, 7) is 3.97. The van der Waals surface area contributed by atoms with Crippen LogP contribution in [0.3, 0.4) is 0 Å². The maximum absolute atomic E-state index is 10.8. The van der Waals surface area contributed by atoms with E-state index >= 15 is 0 Å². The van der Waals surface area contributed by atoms with Crippen LogP contribution in [0, 0.1) is 6.92 Å². The van der Waals surface area contributed by atoms with Crippen LogP contribution in [0.25, 0.3) is 0 Å². The minimum atomic E-state index is -0.781. The molecule has 0 saturated carbocycles. The van der Waals surface area contributed by atoms with Crippen molar-refractivity contribution in [1.29, 1.82) is 0 Å². The van der Waals surface area contributed by atoms with Gasteiger partial charge in [-0.3, -0.25) is 0 Å². The first-order chi connectivity index (χ1) is 9.45. The summed E-state index contributed by atoms with van der Waals surface area (Å²) in [7, 11) is 0. The zero-order chi connectivity index (χ0) is 14.3. The Hall–Kier alpha value is -0.960. The first-order valence-electron chi connectivity index (χ1n) is 6.71. The lowest BCUT2D eigenvalue weighted by atomic mass is 9.87. The number of halogens is 1. The molecule has 2 aromatic carbocycles. The van der Waals surface area contributed by atoms with E-state index < -0.39 is 5.60 Å². The molecular weight excluding hydrogens is 288 g/mol. The number of thioether (sulfide) groups is 1. The summed E-state index contributed by atoms with van der Waals surface area (Å²) in [5.74, 6) is 0. The van der Waals surface area contributed by atoms with Gasteiger partial charge in [-0.1, -0.05) is 41.4 Å². The molecule has 0 radical (unpaired) electrons. The van der Waals surface area contributed by atoms with Crippen molar-refractivity contribution in [1.82, 2.24) is 0 Å². The molecule has 0 fully saturated rings. The SMILES string of the molecule is Cc1ccc2c(c1)[C@](C)(O)C[C@H](c1ccc(Cl)cc1)S2. The second-order valence-corrected chi connectivity index (χ2v) is 7.32. The topological polar surface area (TPSA) is 20.2 Å². The highest BCUT2D eigenvalue weighted by molar-refractivity contribution is 7.99. The molecule has 2 atom stereocenters. The first kappa shape index (κ1) is 14.0. The van der Waals surface area contributed by atoms with Gasteiger partial charge in [0.05, 0.1) is 5.60 Å². The lowest BCUT2D eigenvalue weighted by Gasteiger charge is -2.36. The van der Waals surface area contributed by atoms with Crippen LogP contribution in [0.1, 0.15) is 35.3 Å². The summed E-state index contributed by atoms with van der Waals surface area (Å²) in [5, 5.41) is 11.8. The van der Waals surface area contributed by atoms with Crippen molar-refractivity contribution >= 4 is 23.4 Å². The molecule has 1 aliphatic rings. The fourth-order valence-corrected chi connectivity index (χ4v) is 4.38. The van der Waals surface area contributed by atoms with Gasteiger partial charge in [-0.05, 0) is 49.6 Å². The fourth-order valence-electron chi connectivity index (χ4n) is 2.70. The zero-order valence-corrected chi connectivity index (χ0v) is 13.1. The quantitative estimate of drug-likeness (QED) is 0.791. The van der Waals surface area contributed by atoms with Crippen molar-refractivity contribution in [3.8, 4) is 0 Å². The van der Waals surface area contributed by atoms with Crippen molar-refractivity contribution in [3.05, 3.63) is 64.2 Å². The van der Waals surface area contributed by atoms with Crippen LogP contribution < -0.4 is 0 Å². The van der Waals surface area contributed by atoms with E-state index in [2.05, 4.69) is 37.3 Å². The van der Waals surface area contributed by atoms with Gasteiger partial charge in [0, 0.05) is 15.2 Å². The van der Waals surface area contributed by atoms with E-state index in [0.29, 0.717) is 0 Å². The molecule has 1 nitrogen and oxygen atoms in total. The number of fused-ring (bicyclic) bond motifs is 1. The minimum Gasteiger partial charge on any atom is -0.385 e. The third-order valence-electron chi connectivity index (χ3n) is 3.81. The third kappa shape index (κ3) is 2.60. The highest BCUT2D eigenvalue weighted by atomic mass is 35.5. The molecule has 0 spiro atoms. The van der Waals surface area contributed by atoms with E-state index in [1.54, 1.807) is 0 Å². The summed E-state index contributed by atoms with van der Waals surface area (Å²) in [5.41, 5.74) is 2.67. The van der Waals surface area contributed by atoms with E-state index in [1.807, 2.05) is 30.8 Å². The normalized spacial score (nSPS) is 25.3. The molecular formula is C17H17ClOS. The second-order valence-electron chi connectivity index (χ2n) is 5.64. The van der Waals surface area contributed by atoms with Crippen LogP contribution in [-0.4, -0.2) is 5.11 Å². The van der Waals surface area contributed by atoms with Gasteiger partial charge in [0.1, 0.15) is 0 Å². The molecule has 0 bridgehead atoms. The van der Waals surface area contributed by atoms with Crippen molar-refractivity contribution in [2.45, 2.75) is 36.0 Å². The minimum absolute atomic E-state index is 0.262. The predicted molar refractivity (Wildman–Crippen MR) is 85.4 cm³/mol. The smallest absolute Gasteiger partial charge is 0.0893 e. The number of aliphatic hydroxyl groups is 1. The summed E-state index contributed by atoms with van der Waals surface area (Å²) < 4.78 is 0. The molecule has 0 aromatic heterocycles. The average molecular weight is 305 g/mol. The lowest BCUT2D eigenvalue weighted by Crippen LogP contribution is -2.27. The lowest BCUT2D eigenvalue weighted by molar-refractivity contribution is 0.0421.